The standard InChI is InChI=1S/C29H51O5P.C4H11N5/c1-20(2)12-9-13-21(3)14-10-15-22(4)16-11-18-29(8)19-17-26-25(7)27(34-35(30,31)32)23(5)24(6)28(26)33-29;1-9(2)4(7)8-3(5)6/h20-22H,9-19H2,1-8H3,(H2,30,31,32);1-2H3,(H5,5,6,7,8). The van der Waals surface area contributed by atoms with Crippen molar-refractivity contribution in [1.29, 1.82) is 5.41 Å². The third-order valence-corrected chi connectivity index (χ3v) is 9.13. The zero-order valence-corrected chi connectivity index (χ0v) is 30.0. The van der Waals surface area contributed by atoms with Crippen LogP contribution in [0.2, 0.25) is 0 Å². The Morgan fingerprint density at radius 1 is 0.977 bits per heavy atom. The minimum Gasteiger partial charge on any atom is -0.487 e. The number of hydrogen-bond donors (Lipinski definition) is 5. The van der Waals surface area contributed by atoms with E-state index in [9.17, 15) is 14.4 Å². The number of benzene rings is 1. The molecule has 7 N–H and O–H groups in total. The first kappa shape index (κ1) is 39.7. The first-order valence-electron chi connectivity index (χ1n) is 16.2. The van der Waals surface area contributed by atoms with Crippen LogP contribution in [0, 0.1) is 43.9 Å². The average molecular weight is 640 g/mol. The van der Waals surface area contributed by atoms with Gasteiger partial charge in [-0.15, -0.1) is 0 Å². The predicted molar refractivity (Wildman–Crippen MR) is 183 cm³/mol. The molecule has 11 heteroatoms. The van der Waals surface area contributed by atoms with E-state index in [4.69, 9.17) is 26.1 Å². The number of rotatable bonds is 14. The molecule has 2 rings (SSSR count). The number of guanidine groups is 2. The molecular formula is C33H62N5O5P. The monoisotopic (exact) mass is 639 g/mol. The average Bonchev–Trinajstić information content (AvgIpc) is 2.89. The number of ether oxygens (including phenoxy) is 1. The van der Waals surface area contributed by atoms with E-state index in [2.05, 4.69) is 39.6 Å². The van der Waals surface area contributed by atoms with Crippen molar-refractivity contribution in [2.75, 3.05) is 14.1 Å². The van der Waals surface area contributed by atoms with E-state index in [1.165, 1.54) is 49.8 Å². The van der Waals surface area contributed by atoms with Gasteiger partial charge >= 0.3 is 7.82 Å². The van der Waals surface area contributed by atoms with Gasteiger partial charge in [0, 0.05) is 19.7 Å². The Kier molecular flexibility index (Phi) is 16.3. The van der Waals surface area contributed by atoms with Crippen molar-refractivity contribution in [2.24, 2.45) is 34.2 Å². The molecule has 0 spiro atoms. The number of nitrogens with one attached hydrogen (secondary N) is 1. The Morgan fingerprint density at radius 2 is 1.50 bits per heavy atom. The third-order valence-electron chi connectivity index (χ3n) is 8.71. The summed E-state index contributed by atoms with van der Waals surface area (Å²) < 4.78 is 23.1. The second-order valence-corrected chi connectivity index (χ2v) is 14.9. The maximum Gasteiger partial charge on any atom is 0.524 e. The molecule has 3 unspecified atom stereocenters. The van der Waals surface area contributed by atoms with Gasteiger partial charge in [-0.2, -0.15) is 4.99 Å². The molecule has 0 bridgehead atoms. The van der Waals surface area contributed by atoms with Crippen LogP contribution in [0.4, 0.5) is 0 Å². The summed E-state index contributed by atoms with van der Waals surface area (Å²) in [6, 6.07) is 0. The summed E-state index contributed by atoms with van der Waals surface area (Å²) in [5.74, 6) is 3.55. The van der Waals surface area contributed by atoms with Crippen molar-refractivity contribution in [3.8, 4) is 11.5 Å². The van der Waals surface area contributed by atoms with E-state index >= 15 is 0 Å². The van der Waals surface area contributed by atoms with Crippen LogP contribution in [0.3, 0.4) is 0 Å². The quantitative estimate of drug-likeness (QED) is 0.0799. The zero-order valence-electron chi connectivity index (χ0n) is 29.1. The Morgan fingerprint density at radius 3 is 1.95 bits per heavy atom. The number of nitrogens with two attached hydrogens (primary N) is 2. The summed E-state index contributed by atoms with van der Waals surface area (Å²) in [4.78, 5) is 23.6. The molecule has 0 aliphatic carbocycles. The fourth-order valence-corrected chi connectivity index (χ4v) is 6.25. The second-order valence-electron chi connectivity index (χ2n) is 13.8. The van der Waals surface area contributed by atoms with E-state index in [1.807, 2.05) is 20.8 Å². The molecule has 0 aromatic heterocycles. The van der Waals surface area contributed by atoms with Crippen LogP contribution in [0.5, 0.6) is 11.5 Å². The maximum atomic E-state index is 11.5. The Labute approximate surface area is 267 Å². The first-order chi connectivity index (χ1) is 20.3. The fraction of sp³-hybridized carbons (Fsp3) is 0.758. The summed E-state index contributed by atoms with van der Waals surface area (Å²) in [6.07, 6.45) is 13.3. The molecular weight excluding hydrogens is 577 g/mol. The van der Waals surface area contributed by atoms with Gasteiger partial charge in [-0.1, -0.05) is 72.6 Å². The van der Waals surface area contributed by atoms with Crippen molar-refractivity contribution < 1.29 is 23.6 Å². The molecule has 1 aromatic carbocycles. The highest BCUT2D eigenvalue weighted by molar-refractivity contribution is 7.46. The van der Waals surface area contributed by atoms with E-state index in [0.29, 0.717) is 5.75 Å². The SMILES string of the molecule is CN(C)C(=N)N=C(N)N.Cc1c(C)c2c(c(C)c1OP(=O)(O)O)CCC(C)(CCCC(C)CCCC(C)CCCC(C)C)O2. The van der Waals surface area contributed by atoms with Crippen molar-refractivity contribution in [3.63, 3.8) is 0 Å². The van der Waals surface area contributed by atoms with Gasteiger partial charge in [0.15, 0.2) is 5.96 Å². The predicted octanol–water partition coefficient (Wildman–Crippen LogP) is 7.36. The van der Waals surface area contributed by atoms with E-state index in [0.717, 1.165) is 71.4 Å². The van der Waals surface area contributed by atoms with Crippen molar-refractivity contribution in [3.05, 3.63) is 22.3 Å². The van der Waals surface area contributed by atoms with Gasteiger partial charge in [-0.05, 0) is 87.8 Å². The number of phosphoric acid groups is 1. The lowest BCUT2D eigenvalue weighted by atomic mass is 9.84. The lowest BCUT2D eigenvalue weighted by molar-refractivity contribution is 0.0512. The highest BCUT2D eigenvalue weighted by Gasteiger charge is 2.35. The highest BCUT2D eigenvalue weighted by Crippen LogP contribution is 2.48. The molecule has 0 radical (unpaired) electrons. The van der Waals surface area contributed by atoms with Crippen molar-refractivity contribution >= 4 is 19.7 Å². The van der Waals surface area contributed by atoms with Crippen LogP contribution in [-0.4, -0.2) is 46.3 Å². The molecule has 10 nitrogen and oxygen atoms in total. The summed E-state index contributed by atoms with van der Waals surface area (Å²) in [7, 11) is -1.23. The summed E-state index contributed by atoms with van der Waals surface area (Å²) >= 11 is 0. The van der Waals surface area contributed by atoms with Crippen LogP contribution < -0.4 is 20.7 Å². The normalized spacial score (nSPS) is 17.5. The molecule has 1 aliphatic heterocycles. The van der Waals surface area contributed by atoms with Gasteiger partial charge in [0.2, 0.25) is 5.96 Å². The van der Waals surface area contributed by atoms with Crippen LogP contribution in [0.15, 0.2) is 4.99 Å². The third kappa shape index (κ3) is 14.2. The maximum absolute atomic E-state index is 11.5. The molecule has 1 aliphatic rings. The largest absolute Gasteiger partial charge is 0.524 e. The Balaban J connectivity index is 0.000000930. The number of hydrogen-bond acceptors (Lipinski definition) is 4. The molecule has 3 atom stereocenters. The highest BCUT2D eigenvalue weighted by atomic mass is 31.2. The van der Waals surface area contributed by atoms with Gasteiger partial charge in [0.1, 0.15) is 17.1 Å². The Bertz CT molecular complexity index is 1150. The molecule has 0 amide bonds. The molecule has 0 saturated heterocycles. The number of nitrogens with zero attached hydrogens (tertiary/aromatic N) is 2. The molecule has 254 valence electrons. The van der Waals surface area contributed by atoms with E-state index in [1.54, 1.807) is 14.1 Å². The van der Waals surface area contributed by atoms with Crippen LogP contribution in [0.1, 0.15) is 121 Å². The first-order valence-corrected chi connectivity index (χ1v) is 17.7. The van der Waals surface area contributed by atoms with Crippen molar-refractivity contribution in [2.45, 2.75) is 132 Å². The van der Waals surface area contributed by atoms with E-state index < -0.39 is 7.82 Å². The lowest BCUT2D eigenvalue weighted by Gasteiger charge is -2.38. The molecule has 44 heavy (non-hydrogen) atoms. The molecule has 1 aromatic rings. The summed E-state index contributed by atoms with van der Waals surface area (Å²) in [6.45, 7) is 17.3. The number of phosphoric ester groups is 1. The lowest BCUT2D eigenvalue weighted by Crippen LogP contribution is -2.37. The summed E-state index contributed by atoms with van der Waals surface area (Å²) in [5, 5.41) is 7.05. The van der Waals surface area contributed by atoms with Crippen LogP contribution >= 0.6 is 7.82 Å². The molecule has 1 heterocycles. The number of fused-ring (bicyclic) bond motifs is 1. The topological polar surface area (TPSA) is 167 Å². The summed E-state index contributed by atoms with van der Waals surface area (Å²) in [5.41, 5.74) is 13.2. The number of aliphatic imine (C=N–C) groups is 1. The zero-order chi connectivity index (χ0) is 33.8. The van der Waals surface area contributed by atoms with Gasteiger partial charge in [-0.3, -0.25) is 15.2 Å². The van der Waals surface area contributed by atoms with Crippen molar-refractivity contribution in [1.82, 2.24) is 4.90 Å². The van der Waals surface area contributed by atoms with Gasteiger partial charge in [-0.25, -0.2) is 4.57 Å². The smallest absolute Gasteiger partial charge is 0.487 e. The van der Waals surface area contributed by atoms with Gasteiger partial charge in [0.25, 0.3) is 0 Å². The Hall–Kier alpha value is -2.29. The minimum absolute atomic E-state index is 0.0509. The van der Waals surface area contributed by atoms with Gasteiger partial charge < -0.3 is 25.6 Å². The fourth-order valence-electron chi connectivity index (χ4n) is 5.74. The van der Waals surface area contributed by atoms with Gasteiger partial charge in [0.05, 0.1) is 0 Å². The second kappa shape index (κ2) is 18.0. The minimum atomic E-state index is -4.61. The van der Waals surface area contributed by atoms with E-state index in [-0.39, 0.29) is 17.5 Å². The van der Waals surface area contributed by atoms with Crippen LogP contribution in [-0.2, 0) is 11.0 Å². The molecule has 0 saturated carbocycles. The van der Waals surface area contributed by atoms with Crippen LogP contribution in [0.25, 0.3) is 0 Å². The molecule has 0 fully saturated rings.